The molecule has 0 unspecified atom stereocenters. The molecule has 0 aliphatic carbocycles. The van der Waals surface area contributed by atoms with Crippen LogP contribution in [-0.4, -0.2) is 28.7 Å². The Balaban J connectivity index is 1.81. The van der Waals surface area contributed by atoms with E-state index in [1.807, 2.05) is 92.7 Å². The molecule has 6 nitrogen and oxygen atoms in total. The molecule has 0 bridgehead atoms. The molecule has 3 aromatic carbocycles. The van der Waals surface area contributed by atoms with Gasteiger partial charge in [-0.25, -0.2) is 9.78 Å². The smallest absolute Gasteiger partial charge is 0.338 e. The van der Waals surface area contributed by atoms with Crippen molar-refractivity contribution in [2.75, 3.05) is 18.5 Å². The summed E-state index contributed by atoms with van der Waals surface area (Å²) in [5.41, 5.74) is 4.83. The number of carbonyl (C=O) groups is 1. The molecule has 1 N–H and O–H groups in total. The second-order valence-electron chi connectivity index (χ2n) is 7.70. The number of para-hydroxylation sites is 2. The van der Waals surface area contributed by atoms with Crippen molar-refractivity contribution >= 4 is 28.6 Å². The zero-order valence-corrected chi connectivity index (χ0v) is 18.6. The van der Waals surface area contributed by atoms with Gasteiger partial charge < -0.3 is 14.8 Å². The third kappa shape index (κ3) is 3.74. The van der Waals surface area contributed by atoms with Gasteiger partial charge in [0.15, 0.2) is 0 Å². The van der Waals surface area contributed by atoms with Crippen LogP contribution in [0.15, 0.2) is 84.4 Å². The molecule has 166 valence electrons. The highest BCUT2D eigenvalue weighted by molar-refractivity contribution is 6.03. The molecule has 0 saturated heterocycles. The van der Waals surface area contributed by atoms with E-state index >= 15 is 0 Å². The van der Waals surface area contributed by atoms with Crippen molar-refractivity contribution in [1.29, 1.82) is 0 Å². The van der Waals surface area contributed by atoms with Crippen LogP contribution in [0.25, 0.3) is 16.7 Å². The minimum absolute atomic E-state index is 0.285. The molecule has 0 amide bonds. The number of fused-ring (bicyclic) bond motifs is 3. The normalized spacial score (nSPS) is 15.2. The zero-order chi connectivity index (χ0) is 22.8. The van der Waals surface area contributed by atoms with Gasteiger partial charge in [-0.3, -0.25) is 4.57 Å². The van der Waals surface area contributed by atoms with Gasteiger partial charge in [0.1, 0.15) is 5.75 Å². The van der Waals surface area contributed by atoms with Crippen molar-refractivity contribution in [2.24, 2.45) is 0 Å². The summed E-state index contributed by atoms with van der Waals surface area (Å²) >= 11 is 0. The summed E-state index contributed by atoms with van der Waals surface area (Å²) < 4.78 is 13.4. The van der Waals surface area contributed by atoms with E-state index < -0.39 is 6.04 Å². The first-order chi connectivity index (χ1) is 16.2. The molecule has 0 saturated carbocycles. The molecule has 1 atom stereocenters. The van der Waals surface area contributed by atoms with Crippen molar-refractivity contribution in [3.63, 3.8) is 0 Å². The van der Waals surface area contributed by atoms with E-state index in [-0.39, 0.29) is 12.6 Å². The second-order valence-corrected chi connectivity index (χ2v) is 7.70. The minimum Gasteiger partial charge on any atom is -0.494 e. The van der Waals surface area contributed by atoms with E-state index in [2.05, 4.69) is 9.88 Å². The van der Waals surface area contributed by atoms with Crippen molar-refractivity contribution in [3.8, 4) is 5.75 Å². The summed E-state index contributed by atoms with van der Waals surface area (Å²) in [5.74, 6) is 1.07. The summed E-state index contributed by atoms with van der Waals surface area (Å²) in [6.07, 6.45) is 0. The highest BCUT2D eigenvalue weighted by Gasteiger charge is 2.36. The Bertz CT molecular complexity index is 1340. The van der Waals surface area contributed by atoms with Crippen molar-refractivity contribution in [1.82, 2.24) is 9.55 Å². The lowest BCUT2D eigenvalue weighted by Gasteiger charge is -2.31. The van der Waals surface area contributed by atoms with Gasteiger partial charge in [0.2, 0.25) is 5.95 Å². The average molecular weight is 440 g/mol. The zero-order valence-electron chi connectivity index (χ0n) is 18.6. The van der Waals surface area contributed by atoms with Crippen LogP contribution in [0.3, 0.4) is 0 Å². The average Bonchev–Trinajstić information content (AvgIpc) is 3.22. The van der Waals surface area contributed by atoms with Gasteiger partial charge in [-0.05, 0) is 49.2 Å². The standard InChI is InChI=1S/C27H25N3O3/c1-3-32-20-14-10-13-19(17-20)25-23(26(31)33-4-2)24(18-11-6-5-7-12-18)29-27-28-21-15-8-9-16-22(21)30(25)27/h5-17,25H,3-4H2,1-2H3,(H,28,29)/t25-/m0/s1. The summed E-state index contributed by atoms with van der Waals surface area (Å²) in [4.78, 5) is 18.3. The first-order valence-electron chi connectivity index (χ1n) is 11.1. The monoisotopic (exact) mass is 439 g/mol. The predicted octanol–water partition coefficient (Wildman–Crippen LogP) is 5.42. The summed E-state index contributed by atoms with van der Waals surface area (Å²) in [7, 11) is 0. The number of aromatic nitrogens is 2. The molecule has 1 aliphatic heterocycles. The number of benzene rings is 3. The minimum atomic E-state index is -0.441. The van der Waals surface area contributed by atoms with E-state index in [0.29, 0.717) is 23.8 Å². The largest absolute Gasteiger partial charge is 0.494 e. The molecule has 0 fully saturated rings. The summed E-state index contributed by atoms with van der Waals surface area (Å²) in [5, 5.41) is 3.43. The van der Waals surface area contributed by atoms with Gasteiger partial charge in [0, 0.05) is 0 Å². The Morgan fingerprint density at radius 2 is 1.76 bits per heavy atom. The molecule has 6 heteroatoms. The number of imidazole rings is 1. The lowest BCUT2D eigenvalue weighted by molar-refractivity contribution is -0.138. The molecular formula is C27H25N3O3. The molecule has 0 spiro atoms. The Labute approximate surface area is 192 Å². The number of hydrogen-bond acceptors (Lipinski definition) is 5. The quantitative estimate of drug-likeness (QED) is 0.406. The van der Waals surface area contributed by atoms with Crippen LogP contribution in [0.2, 0.25) is 0 Å². The van der Waals surface area contributed by atoms with Gasteiger partial charge in [-0.2, -0.15) is 0 Å². The summed E-state index contributed by atoms with van der Waals surface area (Å²) in [6.45, 7) is 4.62. The molecule has 2 heterocycles. The Kier molecular flexibility index (Phi) is 5.57. The Morgan fingerprint density at radius 1 is 0.970 bits per heavy atom. The third-order valence-corrected chi connectivity index (χ3v) is 5.68. The number of rotatable bonds is 6. The van der Waals surface area contributed by atoms with Gasteiger partial charge >= 0.3 is 5.97 Å². The molecule has 1 aromatic heterocycles. The van der Waals surface area contributed by atoms with E-state index in [9.17, 15) is 4.79 Å². The number of hydrogen-bond donors (Lipinski definition) is 1. The maximum absolute atomic E-state index is 13.5. The van der Waals surface area contributed by atoms with Crippen LogP contribution < -0.4 is 10.1 Å². The predicted molar refractivity (Wildman–Crippen MR) is 129 cm³/mol. The number of nitrogens with zero attached hydrogens (tertiary/aromatic N) is 2. The van der Waals surface area contributed by atoms with E-state index in [4.69, 9.17) is 14.5 Å². The Hall–Kier alpha value is -4.06. The maximum Gasteiger partial charge on any atom is 0.338 e. The molecule has 5 rings (SSSR count). The van der Waals surface area contributed by atoms with Crippen molar-refractivity contribution in [3.05, 3.63) is 95.6 Å². The third-order valence-electron chi connectivity index (χ3n) is 5.68. The van der Waals surface area contributed by atoms with E-state index in [1.54, 1.807) is 0 Å². The SMILES string of the molecule is CCOC(=O)C1=C(c2ccccc2)Nc2nc3ccccc3n2[C@H]1c1cccc(OCC)c1. The number of nitrogens with one attached hydrogen (secondary N) is 1. The lowest BCUT2D eigenvalue weighted by atomic mass is 9.92. The van der Waals surface area contributed by atoms with Gasteiger partial charge in [0.25, 0.3) is 0 Å². The number of carbonyl (C=O) groups excluding carboxylic acids is 1. The lowest BCUT2D eigenvalue weighted by Crippen LogP contribution is -2.29. The Morgan fingerprint density at radius 3 is 2.55 bits per heavy atom. The summed E-state index contributed by atoms with van der Waals surface area (Å²) in [6, 6.07) is 25.2. The van der Waals surface area contributed by atoms with Gasteiger partial charge in [-0.15, -0.1) is 0 Å². The van der Waals surface area contributed by atoms with Crippen LogP contribution in [-0.2, 0) is 9.53 Å². The van der Waals surface area contributed by atoms with Crippen LogP contribution in [0.4, 0.5) is 5.95 Å². The molecule has 1 aliphatic rings. The van der Waals surface area contributed by atoms with E-state index in [1.165, 1.54) is 0 Å². The van der Waals surface area contributed by atoms with Gasteiger partial charge in [0.05, 0.1) is 41.6 Å². The molecule has 0 radical (unpaired) electrons. The van der Waals surface area contributed by atoms with Crippen LogP contribution in [0.1, 0.15) is 31.0 Å². The first kappa shape index (κ1) is 20.8. The van der Waals surface area contributed by atoms with Crippen LogP contribution >= 0.6 is 0 Å². The molecule has 4 aromatic rings. The fourth-order valence-corrected chi connectivity index (χ4v) is 4.35. The number of ether oxygens (including phenoxy) is 2. The maximum atomic E-state index is 13.5. The molecule has 33 heavy (non-hydrogen) atoms. The van der Waals surface area contributed by atoms with Crippen LogP contribution in [0.5, 0.6) is 5.75 Å². The highest BCUT2D eigenvalue weighted by Crippen LogP contribution is 2.42. The number of esters is 1. The van der Waals surface area contributed by atoms with E-state index in [0.717, 1.165) is 27.9 Å². The van der Waals surface area contributed by atoms with Gasteiger partial charge in [-0.1, -0.05) is 54.6 Å². The van der Waals surface area contributed by atoms with Crippen molar-refractivity contribution in [2.45, 2.75) is 19.9 Å². The van der Waals surface area contributed by atoms with Crippen molar-refractivity contribution < 1.29 is 14.3 Å². The highest BCUT2D eigenvalue weighted by atomic mass is 16.5. The fourth-order valence-electron chi connectivity index (χ4n) is 4.35. The first-order valence-corrected chi connectivity index (χ1v) is 11.1. The number of anilines is 1. The molecular weight excluding hydrogens is 414 g/mol. The van der Waals surface area contributed by atoms with Crippen LogP contribution in [0, 0.1) is 0 Å². The second kappa shape index (κ2) is 8.82. The fraction of sp³-hybridized carbons (Fsp3) is 0.185. The topological polar surface area (TPSA) is 65.4 Å².